The van der Waals surface area contributed by atoms with E-state index in [1.807, 2.05) is 0 Å². The van der Waals surface area contributed by atoms with Gasteiger partial charge in [-0.25, -0.2) is 0 Å². The third-order valence-corrected chi connectivity index (χ3v) is 1.66. The highest BCUT2D eigenvalue weighted by atomic mass is 16.6. The summed E-state index contributed by atoms with van der Waals surface area (Å²) in [5.74, 6) is -0.578. The van der Waals surface area contributed by atoms with Crippen LogP contribution in [-0.2, 0) is 16.0 Å². The Kier molecular flexibility index (Phi) is 3.17. The van der Waals surface area contributed by atoms with E-state index in [2.05, 4.69) is 9.72 Å². The summed E-state index contributed by atoms with van der Waals surface area (Å²) < 4.78 is 4.36. The van der Waals surface area contributed by atoms with E-state index in [1.54, 1.807) is 0 Å². The molecule has 1 heterocycles. The maximum Gasteiger partial charge on any atom is 0.311 e. The lowest BCUT2D eigenvalue weighted by molar-refractivity contribution is -0.385. The molecule has 0 aliphatic carbocycles. The Morgan fingerprint density at radius 3 is 2.80 bits per heavy atom. The van der Waals surface area contributed by atoms with Crippen molar-refractivity contribution in [1.82, 2.24) is 4.98 Å². The number of rotatable bonds is 3. The molecule has 0 aromatic carbocycles. The molecular formula is C8H8N2O5. The summed E-state index contributed by atoms with van der Waals surface area (Å²) in [5, 5.41) is 10.4. The average molecular weight is 212 g/mol. The van der Waals surface area contributed by atoms with Crippen LogP contribution < -0.4 is 5.56 Å². The second-order valence-electron chi connectivity index (χ2n) is 2.74. The summed E-state index contributed by atoms with van der Waals surface area (Å²) in [6.45, 7) is 0. The smallest absolute Gasteiger partial charge is 0.311 e. The van der Waals surface area contributed by atoms with Gasteiger partial charge in [0.25, 0.3) is 11.2 Å². The van der Waals surface area contributed by atoms with Crippen molar-refractivity contribution in [2.24, 2.45) is 0 Å². The fourth-order valence-electron chi connectivity index (χ4n) is 1.01. The number of aromatic nitrogens is 1. The van der Waals surface area contributed by atoms with Gasteiger partial charge in [0.1, 0.15) is 0 Å². The van der Waals surface area contributed by atoms with E-state index in [-0.39, 0.29) is 17.8 Å². The maximum absolute atomic E-state index is 11.0. The molecule has 0 bridgehead atoms. The topological polar surface area (TPSA) is 102 Å². The van der Waals surface area contributed by atoms with E-state index < -0.39 is 16.5 Å². The van der Waals surface area contributed by atoms with Crippen molar-refractivity contribution >= 4 is 11.7 Å². The first-order valence-corrected chi connectivity index (χ1v) is 3.97. The Morgan fingerprint density at radius 1 is 1.60 bits per heavy atom. The molecule has 1 rings (SSSR count). The van der Waals surface area contributed by atoms with Crippen LogP contribution in [0.2, 0.25) is 0 Å². The van der Waals surface area contributed by atoms with Gasteiger partial charge in [0.05, 0.1) is 24.5 Å². The van der Waals surface area contributed by atoms with Gasteiger partial charge in [-0.15, -0.1) is 0 Å². The number of H-pyrrole nitrogens is 1. The first-order valence-electron chi connectivity index (χ1n) is 3.97. The zero-order chi connectivity index (χ0) is 11.4. The standard InChI is InChI=1S/C8H8N2O5/c1-15-8(12)3-5-2-6(10(13)14)4-7(11)9-5/h2,4H,3H2,1H3,(H,9,11). The van der Waals surface area contributed by atoms with Gasteiger partial charge >= 0.3 is 5.97 Å². The number of carbonyl (C=O) groups excluding carboxylic acids is 1. The first kappa shape index (κ1) is 10.9. The highest BCUT2D eigenvalue weighted by Crippen LogP contribution is 2.08. The maximum atomic E-state index is 11.0. The molecule has 0 spiro atoms. The molecule has 0 saturated heterocycles. The fourth-order valence-corrected chi connectivity index (χ4v) is 1.01. The molecule has 1 N–H and O–H groups in total. The number of aromatic amines is 1. The minimum Gasteiger partial charge on any atom is -0.469 e. The van der Waals surface area contributed by atoms with Gasteiger partial charge in [-0.3, -0.25) is 19.7 Å². The van der Waals surface area contributed by atoms with Crippen LogP contribution in [0, 0.1) is 10.1 Å². The number of carbonyl (C=O) groups is 1. The van der Waals surface area contributed by atoms with Crippen molar-refractivity contribution in [1.29, 1.82) is 0 Å². The van der Waals surface area contributed by atoms with Crippen LogP contribution in [0.25, 0.3) is 0 Å². The van der Waals surface area contributed by atoms with Gasteiger partial charge in [-0.1, -0.05) is 0 Å². The zero-order valence-corrected chi connectivity index (χ0v) is 7.85. The average Bonchev–Trinajstić information content (AvgIpc) is 2.16. The third-order valence-electron chi connectivity index (χ3n) is 1.66. The van der Waals surface area contributed by atoms with Gasteiger partial charge in [-0.05, 0) is 0 Å². The number of pyridine rings is 1. The van der Waals surface area contributed by atoms with Crippen LogP contribution in [-0.4, -0.2) is 23.0 Å². The molecule has 7 heteroatoms. The van der Waals surface area contributed by atoms with Gasteiger partial charge in [-0.2, -0.15) is 0 Å². The Labute approximate surface area is 83.8 Å². The molecule has 80 valence electrons. The minimum absolute atomic E-state index is 0.154. The van der Waals surface area contributed by atoms with Crippen LogP contribution >= 0.6 is 0 Å². The molecule has 0 saturated carbocycles. The van der Waals surface area contributed by atoms with Crippen LogP contribution in [0.3, 0.4) is 0 Å². The van der Waals surface area contributed by atoms with E-state index in [0.717, 1.165) is 12.1 Å². The van der Waals surface area contributed by atoms with Crippen LogP contribution in [0.5, 0.6) is 0 Å². The largest absolute Gasteiger partial charge is 0.469 e. The predicted octanol–water partition coefficient (Wildman–Crippen LogP) is -0.00140. The monoisotopic (exact) mass is 212 g/mol. The molecule has 0 amide bonds. The SMILES string of the molecule is COC(=O)Cc1cc([N+](=O)[O-])cc(=O)[nH]1. The summed E-state index contributed by atoms with van der Waals surface area (Å²) >= 11 is 0. The summed E-state index contributed by atoms with van der Waals surface area (Å²) in [6, 6.07) is 1.97. The number of hydrogen-bond acceptors (Lipinski definition) is 5. The Hall–Kier alpha value is -2.18. The zero-order valence-electron chi connectivity index (χ0n) is 7.85. The number of methoxy groups -OCH3 is 1. The van der Waals surface area contributed by atoms with E-state index in [0.29, 0.717) is 0 Å². The number of nitrogens with one attached hydrogen (secondary N) is 1. The number of nitro groups is 1. The highest BCUT2D eigenvalue weighted by Gasteiger charge is 2.11. The second-order valence-corrected chi connectivity index (χ2v) is 2.74. The number of hydrogen-bond donors (Lipinski definition) is 1. The third kappa shape index (κ3) is 2.90. The molecule has 1 aromatic heterocycles. The molecule has 0 radical (unpaired) electrons. The van der Waals surface area contributed by atoms with Gasteiger partial charge < -0.3 is 9.72 Å². The van der Waals surface area contributed by atoms with E-state index in [1.165, 1.54) is 7.11 Å². The second kappa shape index (κ2) is 4.36. The fraction of sp³-hybridized carbons (Fsp3) is 0.250. The molecule has 0 aliphatic rings. The number of ether oxygens (including phenoxy) is 1. The molecule has 0 aliphatic heterocycles. The van der Waals surface area contributed by atoms with Crippen LogP contribution in [0.4, 0.5) is 5.69 Å². The molecular weight excluding hydrogens is 204 g/mol. The van der Waals surface area contributed by atoms with Crippen molar-refractivity contribution in [3.8, 4) is 0 Å². The molecule has 7 nitrogen and oxygen atoms in total. The first-order chi connectivity index (χ1) is 7.02. The lowest BCUT2D eigenvalue weighted by Crippen LogP contribution is -2.13. The summed E-state index contributed by atoms with van der Waals surface area (Å²) in [6.07, 6.45) is -0.201. The summed E-state index contributed by atoms with van der Waals surface area (Å²) in [7, 11) is 1.19. The van der Waals surface area contributed by atoms with E-state index in [4.69, 9.17) is 0 Å². The van der Waals surface area contributed by atoms with Crippen LogP contribution in [0.15, 0.2) is 16.9 Å². The predicted molar refractivity (Wildman–Crippen MR) is 49.4 cm³/mol. The van der Waals surface area contributed by atoms with Gasteiger partial charge in [0.2, 0.25) is 0 Å². The molecule has 0 atom stereocenters. The lowest BCUT2D eigenvalue weighted by atomic mass is 10.2. The molecule has 0 unspecified atom stereocenters. The van der Waals surface area contributed by atoms with Crippen molar-refractivity contribution in [2.75, 3.05) is 7.11 Å². The minimum atomic E-state index is -0.698. The highest BCUT2D eigenvalue weighted by molar-refractivity contribution is 5.71. The summed E-state index contributed by atoms with van der Waals surface area (Å²) in [5.41, 5.74) is -0.818. The van der Waals surface area contributed by atoms with E-state index >= 15 is 0 Å². The number of esters is 1. The van der Waals surface area contributed by atoms with Gasteiger partial charge in [0, 0.05) is 11.8 Å². The quantitative estimate of drug-likeness (QED) is 0.431. The summed E-state index contributed by atoms with van der Waals surface area (Å²) in [4.78, 5) is 33.8. The molecule has 15 heavy (non-hydrogen) atoms. The Bertz CT molecular complexity index is 451. The normalized spacial score (nSPS) is 9.67. The van der Waals surface area contributed by atoms with Crippen molar-refractivity contribution < 1.29 is 14.5 Å². The molecule has 0 fully saturated rings. The van der Waals surface area contributed by atoms with Crippen molar-refractivity contribution in [3.63, 3.8) is 0 Å². The Morgan fingerprint density at radius 2 is 2.27 bits per heavy atom. The Balaban J connectivity index is 3.04. The number of nitrogens with zero attached hydrogens (tertiary/aromatic N) is 1. The van der Waals surface area contributed by atoms with Crippen molar-refractivity contribution in [2.45, 2.75) is 6.42 Å². The molecule has 1 aromatic rings. The van der Waals surface area contributed by atoms with Gasteiger partial charge in [0.15, 0.2) is 0 Å². The van der Waals surface area contributed by atoms with Crippen LogP contribution in [0.1, 0.15) is 5.69 Å². The van der Waals surface area contributed by atoms with Crippen molar-refractivity contribution in [3.05, 3.63) is 38.3 Å². The van der Waals surface area contributed by atoms with E-state index in [9.17, 15) is 19.7 Å². The lowest BCUT2D eigenvalue weighted by Gasteiger charge is -1.99.